The fourth-order valence-corrected chi connectivity index (χ4v) is 1.27. The molecule has 88 valence electrons. The summed E-state index contributed by atoms with van der Waals surface area (Å²) in [6.07, 6.45) is 5.56. The Bertz CT molecular complexity index is 460. The molecule has 1 amide bonds. The van der Waals surface area contributed by atoms with Gasteiger partial charge in [-0.1, -0.05) is 0 Å². The summed E-state index contributed by atoms with van der Waals surface area (Å²) in [7, 11) is 0. The van der Waals surface area contributed by atoms with E-state index in [1.54, 1.807) is 6.92 Å². The Labute approximate surface area is 99.0 Å². The van der Waals surface area contributed by atoms with Crippen LogP contribution in [0.1, 0.15) is 23.7 Å². The van der Waals surface area contributed by atoms with Crippen LogP contribution in [-0.2, 0) is 0 Å². The SMILES string of the molecule is C#CCC(C)NC(=O)c1ccc([N+](=O)[O-])cc1. The summed E-state index contributed by atoms with van der Waals surface area (Å²) < 4.78 is 0. The average molecular weight is 232 g/mol. The zero-order valence-electron chi connectivity index (χ0n) is 9.34. The molecule has 0 aliphatic rings. The van der Waals surface area contributed by atoms with Gasteiger partial charge in [0.2, 0.25) is 0 Å². The molecule has 0 aromatic heterocycles. The molecule has 1 unspecified atom stereocenters. The topological polar surface area (TPSA) is 72.2 Å². The number of nitrogens with one attached hydrogen (secondary N) is 1. The van der Waals surface area contributed by atoms with Crippen molar-refractivity contribution >= 4 is 11.6 Å². The van der Waals surface area contributed by atoms with Crippen molar-refractivity contribution in [2.24, 2.45) is 0 Å². The van der Waals surface area contributed by atoms with Crippen LogP contribution in [-0.4, -0.2) is 16.9 Å². The summed E-state index contributed by atoms with van der Waals surface area (Å²) in [6, 6.07) is 5.29. The smallest absolute Gasteiger partial charge is 0.269 e. The molecule has 17 heavy (non-hydrogen) atoms. The second kappa shape index (κ2) is 5.66. The quantitative estimate of drug-likeness (QED) is 0.488. The van der Waals surface area contributed by atoms with Crippen molar-refractivity contribution in [3.05, 3.63) is 39.9 Å². The first-order valence-electron chi connectivity index (χ1n) is 5.03. The van der Waals surface area contributed by atoms with E-state index in [4.69, 9.17) is 6.42 Å². The van der Waals surface area contributed by atoms with E-state index in [0.29, 0.717) is 12.0 Å². The van der Waals surface area contributed by atoms with Crippen molar-refractivity contribution in [1.29, 1.82) is 0 Å². The lowest BCUT2D eigenvalue weighted by Crippen LogP contribution is -2.32. The predicted octanol–water partition coefficient (Wildman–Crippen LogP) is 1.74. The fourth-order valence-electron chi connectivity index (χ4n) is 1.27. The van der Waals surface area contributed by atoms with Gasteiger partial charge in [-0.3, -0.25) is 14.9 Å². The molecule has 0 saturated heterocycles. The maximum Gasteiger partial charge on any atom is 0.269 e. The monoisotopic (exact) mass is 232 g/mol. The third-order valence-electron chi connectivity index (χ3n) is 2.14. The van der Waals surface area contributed by atoms with E-state index >= 15 is 0 Å². The Morgan fingerprint density at radius 3 is 2.59 bits per heavy atom. The lowest BCUT2D eigenvalue weighted by molar-refractivity contribution is -0.384. The summed E-state index contributed by atoms with van der Waals surface area (Å²) >= 11 is 0. The summed E-state index contributed by atoms with van der Waals surface area (Å²) in [6.45, 7) is 1.79. The number of non-ortho nitro benzene ring substituents is 1. The van der Waals surface area contributed by atoms with Crippen LogP contribution in [0.25, 0.3) is 0 Å². The van der Waals surface area contributed by atoms with E-state index in [0.717, 1.165) is 0 Å². The van der Waals surface area contributed by atoms with Crippen molar-refractivity contribution in [3.63, 3.8) is 0 Å². The molecule has 0 saturated carbocycles. The average Bonchev–Trinajstić information content (AvgIpc) is 2.29. The molecule has 0 heterocycles. The number of nitro benzene ring substituents is 1. The predicted molar refractivity (Wildman–Crippen MR) is 63.5 cm³/mol. The molecule has 0 bridgehead atoms. The molecule has 0 fully saturated rings. The largest absolute Gasteiger partial charge is 0.349 e. The van der Waals surface area contributed by atoms with Gasteiger partial charge in [-0.2, -0.15) is 0 Å². The van der Waals surface area contributed by atoms with Gasteiger partial charge in [0.1, 0.15) is 0 Å². The first kappa shape index (κ1) is 12.7. The molecular weight excluding hydrogens is 220 g/mol. The number of terminal acetylenes is 1. The van der Waals surface area contributed by atoms with Gasteiger partial charge in [-0.25, -0.2) is 0 Å². The molecule has 0 aliphatic heterocycles. The summed E-state index contributed by atoms with van der Waals surface area (Å²) in [4.78, 5) is 21.6. The number of carbonyl (C=O) groups excluding carboxylic acids is 1. The van der Waals surface area contributed by atoms with Gasteiger partial charge in [0.15, 0.2) is 0 Å². The van der Waals surface area contributed by atoms with Gasteiger partial charge in [-0.05, 0) is 19.1 Å². The van der Waals surface area contributed by atoms with Crippen LogP contribution in [0.2, 0.25) is 0 Å². The Kier molecular flexibility index (Phi) is 4.23. The van der Waals surface area contributed by atoms with Gasteiger partial charge >= 0.3 is 0 Å². The van der Waals surface area contributed by atoms with Crippen LogP contribution in [0.15, 0.2) is 24.3 Å². The first-order valence-corrected chi connectivity index (χ1v) is 5.03. The summed E-state index contributed by atoms with van der Waals surface area (Å²) in [5.74, 6) is 2.16. The van der Waals surface area contributed by atoms with Crippen LogP contribution < -0.4 is 5.32 Å². The van der Waals surface area contributed by atoms with Gasteiger partial charge in [0.05, 0.1) is 4.92 Å². The third-order valence-corrected chi connectivity index (χ3v) is 2.14. The van der Waals surface area contributed by atoms with Crippen LogP contribution in [0.5, 0.6) is 0 Å². The Morgan fingerprint density at radius 1 is 1.53 bits per heavy atom. The van der Waals surface area contributed by atoms with Crippen molar-refractivity contribution in [1.82, 2.24) is 5.32 Å². The molecule has 5 heteroatoms. The maximum absolute atomic E-state index is 11.7. The zero-order chi connectivity index (χ0) is 12.8. The molecule has 1 atom stereocenters. The van der Waals surface area contributed by atoms with Crippen molar-refractivity contribution in [3.8, 4) is 12.3 Å². The van der Waals surface area contributed by atoms with Gasteiger partial charge in [0.25, 0.3) is 11.6 Å². The Morgan fingerprint density at radius 2 is 2.12 bits per heavy atom. The minimum Gasteiger partial charge on any atom is -0.349 e. The number of nitro groups is 1. The Balaban J connectivity index is 2.70. The number of nitrogens with zero attached hydrogens (tertiary/aromatic N) is 1. The third kappa shape index (κ3) is 3.61. The molecule has 0 spiro atoms. The van der Waals surface area contributed by atoms with Gasteiger partial charge < -0.3 is 5.32 Å². The van der Waals surface area contributed by atoms with Crippen LogP contribution in [0.3, 0.4) is 0 Å². The van der Waals surface area contributed by atoms with E-state index in [1.807, 2.05) is 0 Å². The molecule has 1 rings (SSSR count). The molecule has 5 nitrogen and oxygen atoms in total. The van der Waals surface area contributed by atoms with Crippen LogP contribution in [0.4, 0.5) is 5.69 Å². The zero-order valence-corrected chi connectivity index (χ0v) is 9.34. The lowest BCUT2D eigenvalue weighted by Gasteiger charge is -2.10. The first-order chi connectivity index (χ1) is 8.04. The van der Waals surface area contributed by atoms with Gasteiger partial charge in [-0.15, -0.1) is 12.3 Å². The molecule has 1 N–H and O–H groups in total. The highest BCUT2D eigenvalue weighted by molar-refractivity contribution is 5.94. The molecule has 1 aromatic carbocycles. The van der Waals surface area contributed by atoms with Gasteiger partial charge in [0, 0.05) is 30.2 Å². The van der Waals surface area contributed by atoms with E-state index in [9.17, 15) is 14.9 Å². The van der Waals surface area contributed by atoms with E-state index in [2.05, 4.69) is 11.2 Å². The van der Waals surface area contributed by atoms with Crippen LogP contribution >= 0.6 is 0 Å². The normalized spacial score (nSPS) is 11.3. The van der Waals surface area contributed by atoms with Crippen LogP contribution in [0, 0.1) is 22.5 Å². The maximum atomic E-state index is 11.7. The highest BCUT2D eigenvalue weighted by Crippen LogP contribution is 2.11. The Hall–Kier alpha value is -2.35. The van der Waals surface area contributed by atoms with Crippen molar-refractivity contribution in [2.45, 2.75) is 19.4 Å². The molecular formula is C12H12N2O3. The molecule has 1 aromatic rings. The number of carbonyl (C=O) groups is 1. The minimum atomic E-state index is -0.511. The summed E-state index contributed by atoms with van der Waals surface area (Å²) in [5, 5.41) is 13.1. The fraction of sp³-hybridized carbons (Fsp3) is 0.250. The second-order valence-electron chi connectivity index (χ2n) is 3.59. The van der Waals surface area contributed by atoms with E-state index < -0.39 is 4.92 Å². The number of rotatable bonds is 4. The second-order valence-corrected chi connectivity index (χ2v) is 3.59. The van der Waals surface area contributed by atoms with Crippen molar-refractivity contribution < 1.29 is 9.72 Å². The number of benzene rings is 1. The van der Waals surface area contributed by atoms with E-state index in [-0.39, 0.29) is 17.6 Å². The molecule has 0 aliphatic carbocycles. The van der Waals surface area contributed by atoms with Crippen molar-refractivity contribution in [2.75, 3.05) is 0 Å². The summed E-state index contributed by atoms with van der Waals surface area (Å²) in [5.41, 5.74) is 0.331. The lowest BCUT2D eigenvalue weighted by atomic mass is 10.1. The highest BCUT2D eigenvalue weighted by atomic mass is 16.6. The standard InChI is InChI=1S/C12H12N2O3/c1-3-4-9(2)13-12(15)10-5-7-11(8-6-10)14(16)17/h1,5-9H,4H2,2H3,(H,13,15). The number of amides is 1. The minimum absolute atomic E-state index is 0.0433. The number of hydrogen-bond acceptors (Lipinski definition) is 3. The highest BCUT2D eigenvalue weighted by Gasteiger charge is 2.11. The van der Waals surface area contributed by atoms with E-state index in [1.165, 1.54) is 24.3 Å². The number of hydrogen-bond donors (Lipinski definition) is 1. The molecule has 0 radical (unpaired) electrons.